The molecule has 0 amide bonds. The highest BCUT2D eigenvalue weighted by atomic mass is 35.5. The highest BCUT2D eigenvalue weighted by Crippen LogP contribution is 1.75. The molecule has 6 nitrogen and oxygen atoms in total. The molecular weight excluding hydrogens is 167 g/mol. The standard InChI is InChI=1S/C2H4O3.CHClO3/c1-5-2(3)4;2-5-1(3)4/h1H3,(H,3,4);(H,3,4). The molecule has 0 saturated carbocycles. The first-order chi connectivity index (χ1) is 4.54. The predicted octanol–water partition coefficient (Wildman–Crippen LogP) is 1.15. The Hall–Kier alpha value is -1.17. The van der Waals surface area contributed by atoms with Gasteiger partial charge in [0, 0.05) is 0 Å². The molecule has 0 heterocycles. The van der Waals surface area contributed by atoms with Crippen LogP contribution in [0.1, 0.15) is 0 Å². The molecule has 0 aliphatic rings. The fourth-order valence-corrected chi connectivity index (χ4v) is 0. The van der Waals surface area contributed by atoms with Crippen LogP contribution in [0.2, 0.25) is 0 Å². The van der Waals surface area contributed by atoms with Gasteiger partial charge in [0.1, 0.15) is 11.9 Å². The van der Waals surface area contributed by atoms with Crippen LogP contribution >= 0.6 is 11.9 Å². The molecule has 0 rings (SSSR count). The summed E-state index contributed by atoms with van der Waals surface area (Å²) in [6.07, 6.45) is -2.73. The molecule has 0 aliphatic heterocycles. The Morgan fingerprint density at radius 2 is 1.50 bits per heavy atom. The van der Waals surface area contributed by atoms with E-state index in [4.69, 9.17) is 19.8 Å². The van der Waals surface area contributed by atoms with Gasteiger partial charge in [0.2, 0.25) is 0 Å². The van der Waals surface area contributed by atoms with Crippen molar-refractivity contribution in [3.05, 3.63) is 0 Å². The van der Waals surface area contributed by atoms with Gasteiger partial charge in [-0.25, -0.2) is 9.59 Å². The normalized spacial score (nSPS) is 6.60. The molecule has 0 fully saturated rings. The van der Waals surface area contributed by atoms with E-state index in [-0.39, 0.29) is 0 Å². The highest BCUT2D eigenvalue weighted by Gasteiger charge is 1.84. The summed E-state index contributed by atoms with van der Waals surface area (Å²) >= 11 is 4.24. The lowest BCUT2D eigenvalue weighted by atomic mass is 11.4. The van der Waals surface area contributed by atoms with Crippen molar-refractivity contribution >= 4 is 24.2 Å². The zero-order valence-corrected chi connectivity index (χ0v) is 5.66. The molecule has 0 bridgehead atoms. The molecule has 0 spiro atoms. The number of carboxylic acid groups (broad SMARTS) is 2. The number of methoxy groups -OCH3 is 1. The Morgan fingerprint density at radius 3 is 1.50 bits per heavy atom. The van der Waals surface area contributed by atoms with E-state index in [1.54, 1.807) is 0 Å². The van der Waals surface area contributed by atoms with Crippen molar-refractivity contribution in [3.8, 4) is 0 Å². The molecule has 0 aromatic carbocycles. The van der Waals surface area contributed by atoms with E-state index in [1.807, 2.05) is 0 Å². The summed E-state index contributed by atoms with van der Waals surface area (Å²) in [7, 11) is 1.10. The number of ether oxygens (including phenoxy) is 1. The Labute approximate surface area is 61.1 Å². The molecular formula is C3H5ClO6. The van der Waals surface area contributed by atoms with Crippen molar-refractivity contribution in [2.75, 3.05) is 7.11 Å². The fourth-order valence-electron chi connectivity index (χ4n) is 0. The third-order valence-corrected chi connectivity index (χ3v) is 0.373. The van der Waals surface area contributed by atoms with Gasteiger partial charge < -0.3 is 19.2 Å². The fraction of sp³-hybridized carbons (Fsp3) is 0.333. The molecule has 0 aromatic heterocycles. The van der Waals surface area contributed by atoms with E-state index in [9.17, 15) is 0 Å². The average molecular weight is 173 g/mol. The number of hydrogen-bond acceptors (Lipinski definition) is 4. The van der Waals surface area contributed by atoms with E-state index in [0.29, 0.717) is 0 Å². The molecule has 0 saturated heterocycles. The Kier molecular flexibility index (Phi) is 9.09. The van der Waals surface area contributed by atoms with Gasteiger partial charge in [0.15, 0.2) is 0 Å². The van der Waals surface area contributed by atoms with Crippen molar-refractivity contribution < 1.29 is 28.8 Å². The van der Waals surface area contributed by atoms with Gasteiger partial charge in [-0.1, -0.05) is 0 Å². The van der Waals surface area contributed by atoms with Crippen molar-refractivity contribution in [1.29, 1.82) is 0 Å². The van der Waals surface area contributed by atoms with Crippen LogP contribution in [-0.4, -0.2) is 29.6 Å². The van der Waals surface area contributed by atoms with Crippen molar-refractivity contribution in [3.63, 3.8) is 0 Å². The Bertz CT molecular complexity index is 97.6. The summed E-state index contributed by atoms with van der Waals surface area (Å²) in [5.74, 6) is 0. The second-order valence-electron chi connectivity index (χ2n) is 0.813. The molecule has 2 N–H and O–H groups in total. The van der Waals surface area contributed by atoms with Gasteiger partial charge in [-0.05, 0) is 0 Å². The molecule has 0 radical (unpaired) electrons. The lowest BCUT2D eigenvalue weighted by molar-refractivity contribution is 0.113. The first-order valence-electron chi connectivity index (χ1n) is 1.83. The summed E-state index contributed by atoms with van der Waals surface area (Å²) < 4.78 is 6.81. The molecule has 0 unspecified atom stereocenters. The zero-order valence-electron chi connectivity index (χ0n) is 4.91. The maximum absolute atomic E-state index is 9.15. The van der Waals surface area contributed by atoms with Gasteiger partial charge in [0.05, 0.1) is 7.11 Å². The third-order valence-electron chi connectivity index (χ3n) is 0.241. The first kappa shape index (κ1) is 11.6. The largest absolute Gasteiger partial charge is 0.524 e. The van der Waals surface area contributed by atoms with Crippen LogP contribution in [0.25, 0.3) is 0 Å². The molecule has 0 aliphatic carbocycles. The van der Waals surface area contributed by atoms with E-state index in [2.05, 4.69) is 20.9 Å². The monoisotopic (exact) mass is 172 g/mol. The second-order valence-corrected chi connectivity index (χ2v) is 0.967. The second kappa shape index (κ2) is 7.83. The predicted molar refractivity (Wildman–Crippen MR) is 30.0 cm³/mol. The lowest BCUT2D eigenvalue weighted by Gasteiger charge is -1.79. The molecule has 10 heavy (non-hydrogen) atoms. The van der Waals surface area contributed by atoms with Gasteiger partial charge in [-0.3, -0.25) is 0 Å². The summed E-state index contributed by atoms with van der Waals surface area (Å²) in [5, 5.41) is 14.9. The van der Waals surface area contributed by atoms with Gasteiger partial charge >= 0.3 is 12.3 Å². The molecule has 60 valence electrons. The summed E-state index contributed by atoms with van der Waals surface area (Å²) in [6.45, 7) is 0. The summed E-state index contributed by atoms with van der Waals surface area (Å²) in [4.78, 5) is 18.2. The number of halogens is 1. The van der Waals surface area contributed by atoms with Crippen LogP contribution in [0.15, 0.2) is 0 Å². The summed E-state index contributed by atoms with van der Waals surface area (Å²) in [6, 6.07) is 0. The van der Waals surface area contributed by atoms with E-state index in [1.165, 1.54) is 0 Å². The number of rotatable bonds is 0. The van der Waals surface area contributed by atoms with Crippen LogP contribution in [0.4, 0.5) is 9.59 Å². The van der Waals surface area contributed by atoms with E-state index in [0.717, 1.165) is 7.11 Å². The minimum atomic E-state index is -1.48. The maximum Gasteiger partial charge on any atom is 0.524 e. The van der Waals surface area contributed by atoms with Crippen molar-refractivity contribution in [2.45, 2.75) is 0 Å². The maximum atomic E-state index is 9.15. The topological polar surface area (TPSA) is 93.1 Å². The Morgan fingerprint density at radius 1 is 1.30 bits per heavy atom. The van der Waals surface area contributed by atoms with Crippen LogP contribution in [-0.2, 0) is 9.03 Å². The molecule has 0 atom stereocenters. The number of carbonyl (C=O) groups is 2. The lowest BCUT2D eigenvalue weighted by Crippen LogP contribution is -1.91. The van der Waals surface area contributed by atoms with Crippen LogP contribution in [0.5, 0.6) is 0 Å². The smallest absolute Gasteiger partial charge is 0.450 e. The molecule has 0 aromatic rings. The third kappa shape index (κ3) is 29.0. The SMILES string of the molecule is COC(=O)O.O=C(O)OCl. The van der Waals surface area contributed by atoms with E-state index < -0.39 is 12.3 Å². The van der Waals surface area contributed by atoms with Gasteiger partial charge in [-0.15, -0.1) is 0 Å². The Balaban J connectivity index is 0. The first-order valence-corrected chi connectivity index (χ1v) is 2.13. The zero-order chi connectivity index (χ0) is 8.57. The highest BCUT2D eigenvalue weighted by molar-refractivity contribution is 6.12. The van der Waals surface area contributed by atoms with Gasteiger partial charge in [0.25, 0.3) is 0 Å². The van der Waals surface area contributed by atoms with Crippen molar-refractivity contribution in [1.82, 2.24) is 0 Å². The minimum absolute atomic E-state index is 1.10. The quantitative estimate of drug-likeness (QED) is 0.533. The van der Waals surface area contributed by atoms with Crippen LogP contribution in [0, 0.1) is 0 Å². The minimum Gasteiger partial charge on any atom is -0.450 e. The van der Waals surface area contributed by atoms with E-state index >= 15 is 0 Å². The van der Waals surface area contributed by atoms with Crippen molar-refractivity contribution in [2.24, 2.45) is 0 Å². The molecule has 7 heteroatoms. The van der Waals surface area contributed by atoms with Gasteiger partial charge in [-0.2, -0.15) is 0 Å². The van der Waals surface area contributed by atoms with Crippen LogP contribution < -0.4 is 0 Å². The summed E-state index contributed by atoms with van der Waals surface area (Å²) in [5.41, 5.74) is 0. The number of hydrogen-bond donors (Lipinski definition) is 2. The van der Waals surface area contributed by atoms with Crippen LogP contribution in [0.3, 0.4) is 0 Å². The average Bonchev–Trinajstić information content (AvgIpc) is 1.89.